The van der Waals surface area contributed by atoms with E-state index in [-0.39, 0.29) is 24.7 Å². The number of hydrogen-bond acceptors (Lipinski definition) is 3. The third kappa shape index (κ3) is 1.83. The SMILES string of the molecule is CCc1ccc(C)nc1N1CC(=O)CC1=O. The highest BCUT2D eigenvalue weighted by atomic mass is 16.2. The predicted molar refractivity (Wildman–Crippen MR) is 60.3 cm³/mol. The summed E-state index contributed by atoms with van der Waals surface area (Å²) in [5.74, 6) is 0.478. The quantitative estimate of drug-likeness (QED) is 0.702. The molecule has 1 aromatic rings. The van der Waals surface area contributed by atoms with Crippen LogP contribution in [-0.4, -0.2) is 23.2 Å². The molecule has 4 nitrogen and oxygen atoms in total. The number of Topliss-reactive ketones (excluding diaryl/α,β-unsaturated/α-hetero) is 1. The molecule has 0 aliphatic carbocycles. The molecule has 16 heavy (non-hydrogen) atoms. The minimum Gasteiger partial charge on any atom is -0.297 e. The van der Waals surface area contributed by atoms with E-state index in [0.717, 1.165) is 17.7 Å². The van der Waals surface area contributed by atoms with Crippen LogP contribution in [0.2, 0.25) is 0 Å². The predicted octanol–water partition coefficient (Wildman–Crippen LogP) is 1.26. The lowest BCUT2D eigenvalue weighted by Crippen LogP contribution is -2.27. The lowest BCUT2D eigenvalue weighted by molar-refractivity contribution is -0.121. The van der Waals surface area contributed by atoms with Crippen molar-refractivity contribution in [3.63, 3.8) is 0 Å². The number of carbonyl (C=O) groups excluding carboxylic acids is 2. The van der Waals surface area contributed by atoms with E-state index in [9.17, 15) is 9.59 Å². The summed E-state index contributed by atoms with van der Waals surface area (Å²) in [5, 5.41) is 0. The summed E-state index contributed by atoms with van der Waals surface area (Å²) in [6, 6.07) is 3.89. The largest absolute Gasteiger partial charge is 0.297 e. The minimum atomic E-state index is -0.141. The number of nitrogens with zero attached hydrogens (tertiary/aromatic N) is 2. The van der Waals surface area contributed by atoms with Crippen LogP contribution in [0.15, 0.2) is 12.1 Å². The lowest BCUT2D eigenvalue weighted by atomic mass is 10.2. The van der Waals surface area contributed by atoms with E-state index in [1.807, 2.05) is 26.0 Å². The molecule has 0 bridgehead atoms. The van der Waals surface area contributed by atoms with Crippen molar-refractivity contribution in [1.82, 2.24) is 4.98 Å². The third-order valence-electron chi connectivity index (χ3n) is 2.72. The molecule has 84 valence electrons. The molecule has 0 saturated carbocycles. The second-order valence-corrected chi connectivity index (χ2v) is 3.98. The molecular weight excluding hydrogens is 204 g/mol. The summed E-state index contributed by atoms with van der Waals surface area (Å²) in [6.07, 6.45) is 0.819. The van der Waals surface area contributed by atoms with Crippen LogP contribution in [0.5, 0.6) is 0 Å². The van der Waals surface area contributed by atoms with Gasteiger partial charge in [0.2, 0.25) is 5.91 Å². The Labute approximate surface area is 94.3 Å². The molecule has 1 aliphatic rings. The number of aromatic nitrogens is 1. The fourth-order valence-electron chi connectivity index (χ4n) is 1.86. The van der Waals surface area contributed by atoms with Crippen molar-refractivity contribution in [1.29, 1.82) is 0 Å². The van der Waals surface area contributed by atoms with E-state index in [4.69, 9.17) is 0 Å². The second kappa shape index (κ2) is 4.04. The number of amides is 1. The number of aryl methyl sites for hydroxylation is 2. The third-order valence-corrected chi connectivity index (χ3v) is 2.72. The van der Waals surface area contributed by atoms with Crippen LogP contribution >= 0.6 is 0 Å². The Morgan fingerprint density at radius 2 is 2.12 bits per heavy atom. The molecule has 0 radical (unpaired) electrons. The van der Waals surface area contributed by atoms with Gasteiger partial charge in [0.05, 0.1) is 13.0 Å². The molecule has 2 heterocycles. The van der Waals surface area contributed by atoms with Crippen LogP contribution in [0.1, 0.15) is 24.6 Å². The first-order valence-electron chi connectivity index (χ1n) is 5.40. The smallest absolute Gasteiger partial charge is 0.236 e. The van der Waals surface area contributed by atoms with Crippen molar-refractivity contribution in [2.75, 3.05) is 11.4 Å². The zero-order valence-corrected chi connectivity index (χ0v) is 9.49. The molecule has 0 aromatic carbocycles. The Morgan fingerprint density at radius 1 is 1.38 bits per heavy atom. The van der Waals surface area contributed by atoms with Gasteiger partial charge in [-0.25, -0.2) is 4.98 Å². The van der Waals surface area contributed by atoms with E-state index >= 15 is 0 Å². The Morgan fingerprint density at radius 3 is 2.69 bits per heavy atom. The summed E-state index contributed by atoms with van der Waals surface area (Å²) in [6.45, 7) is 4.06. The van der Waals surface area contributed by atoms with Gasteiger partial charge in [-0.3, -0.25) is 14.5 Å². The highest BCUT2D eigenvalue weighted by molar-refractivity contribution is 6.14. The summed E-state index contributed by atoms with van der Waals surface area (Å²) in [5.41, 5.74) is 1.87. The molecule has 1 saturated heterocycles. The van der Waals surface area contributed by atoms with Crippen molar-refractivity contribution < 1.29 is 9.59 Å². The summed E-state index contributed by atoms with van der Waals surface area (Å²) in [4.78, 5) is 28.7. The normalized spacial score (nSPS) is 16.0. The van der Waals surface area contributed by atoms with E-state index in [1.54, 1.807) is 0 Å². The van der Waals surface area contributed by atoms with Crippen LogP contribution < -0.4 is 4.90 Å². The number of hydrogen-bond donors (Lipinski definition) is 0. The number of ketones is 1. The maximum absolute atomic E-state index is 11.6. The van der Waals surface area contributed by atoms with Gasteiger partial charge < -0.3 is 0 Å². The van der Waals surface area contributed by atoms with Crippen LogP contribution in [0.25, 0.3) is 0 Å². The first-order valence-corrected chi connectivity index (χ1v) is 5.40. The van der Waals surface area contributed by atoms with Crippen molar-refractivity contribution >= 4 is 17.5 Å². The number of carbonyl (C=O) groups is 2. The van der Waals surface area contributed by atoms with Crippen molar-refractivity contribution in [3.8, 4) is 0 Å². The lowest BCUT2D eigenvalue weighted by Gasteiger charge is -2.17. The van der Waals surface area contributed by atoms with Gasteiger partial charge in [0.15, 0.2) is 5.78 Å². The molecule has 1 aromatic heterocycles. The molecule has 1 aliphatic heterocycles. The van der Waals surface area contributed by atoms with Crippen molar-refractivity contribution in [2.24, 2.45) is 0 Å². The average Bonchev–Trinajstić information content (AvgIpc) is 2.57. The summed E-state index contributed by atoms with van der Waals surface area (Å²) in [7, 11) is 0. The van der Waals surface area contributed by atoms with E-state index in [1.165, 1.54) is 4.90 Å². The number of anilines is 1. The second-order valence-electron chi connectivity index (χ2n) is 3.98. The monoisotopic (exact) mass is 218 g/mol. The Hall–Kier alpha value is -1.71. The fraction of sp³-hybridized carbons (Fsp3) is 0.417. The van der Waals surface area contributed by atoms with E-state index in [2.05, 4.69) is 4.98 Å². The zero-order chi connectivity index (χ0) is 11.7. The molecule has 1 fully saturated rings. The molecule has 0 unspecified atom stereocenters. The fourth-order valence-corrected chi connectivity index (χ4v) is 1.86. The van der Waals surface area contributed by atoms with Crippen LogP contribution in [0.3, 0.4) is 0 Å². The summed E-state index contributed by atoms with van der Waals surface area (Å²) < 4.78 is 0. The molecule has 2 rings (SSSR count). The summed E-state index contributed by atoms with van der Waals surface area (Å²) >= 11 is 0. The molecule has 0 spiro atoms. The molecular formula is C12H14N2O2. The van der Waals surface area contributed by atoms with Gasteiger partial charge in [-0.15, -0.1) is 0 Å². The number of rotatable bonds is 2. The van der Waals surface area contributed by atoms with E-state index in [0.29, 0.717) is 5.82 Å². The molecule has 4 heteroatoms. The highest BCUT2D eigenvalue weighted by Crippen LogP contribution is 2.22. The Balaban J connectivity index is 2.42. The van der Waals surface area contributed by atoms with Crippen LogP contribution in [0.4, 0.5) is 5.82 Å². The maximum atomic E-state index is 11.6. The van der Waals surface area contributed by atoms with Crippen LogP contribution in [-0.2, 0) is 16.0 Å². The first kappa shape index (κ1) is 10.8. The number of pyridine rings is 1. The van der Waals surface area contributed by atoms with Crippen LogP contribution in [0, 0.1) is 6.92 Å². The first-order chi connectivity index (χ1) is 7.61. The van der Waals surface area contributed by atoms with Crippen molar-refractivity contribution in [2.45, 2.75) is 26.7 Å². The maximum Gasteiger partial charge on any atom is 0.236 e. The minimum absolute atomic E-state index is 0.0127. The molecule has 1 amide bonds. The van der Waals surface area contributed by atoms with E-state index < -0.39 is 0 Å². The zero-order valence-electron chi connectivity index (χ0n) is 9.49. The van der Waals surface area contributed by atoms with Gasteiger partial charge in [0.25, 0.3) is 0 Å². The van der Waals surface area contributed by atoms with Gasteiger partial charge in [0, 0.05) is 5.69 Å². The van der Waals surface area contributed by atoms with Crippen molar-refractivity contribution in [3.05, 3.63) is 23.4 Å². The molecule has 0 atom stereocenters. The highest BCUT2D eigenvalue weighted by Gasteiger charge is 2.30. The van der Waals surface area contributed by atoms with Gasteiger partial charge in [0.1, 0.15) is 5.82 Å². The molecule has 0 N–H and O–H groups in total. The standard InChI is InChI=1S/C12H14N2O2/c1-3-9-5-4-8(2)13-12(9)14-7-10(15)6-11(14)16/h4-5H,3,6-7H2,1-2H3. The van der Waals surface area contributed by atoms with Gasteiger partial charge >= 0.3 is 0 Å². The Bertz CT molecular complexity index is 454. The topological polar surface area (TPSA) is 50.3 Å². The average molecular weight is 218 g/mol. The van der Waals surface area contributed by atoms with Gasteiger partial charge in [-0.05, 0) is 25.0 Å². The van der Waals surface area contributed by atoms with Gasteiger partial charge in [-0.1, -0.05) is 13.0 Å². The van der Waals surface area contributed by atoms with Gasteiger partial charge in [-0.2, -0.15) is 0 Å². The Kier molecular flexibility index (Phi) is 2.73.